The second-order valence-corrected chi connectivity index (χ2v) is 8.41. The number of imidazole rings is 1. The van der Waals surface area contributed by atoms with Crippen LogP contribution >= 0.6 is 0 Å². The van der Waals surface area contributed by atoms with Crippen LogP contribution in [0.1, 0.15) is 29.1 Å². The number of aromatic nitrogens is 3. The number of para-hydroxylation sites is 1. The average Bonchev–Trinajstić information content (AvgIpc) is 3.25. The molecule has 2 aromatic heterocycles. The third-order valence-corrected chi connectivity index (χ3v) is 6.25. The Morgan fingerprint density at radius 2 is 1.93 bits per heavy atom. The highest BCUT2D eigenvalue weighted by atomic mass is 32.2. The lowest BCUT2D eigenvalue weighted by Crippen LogP contribution is -2.14. The molecular weight excluding hydrogens is 356 g/mol. The molecule has 1 aromatic carbocycles. The first kappa shape index (κ1) is 17.9. The predicted octanol–water partition coefficient (Wildman–Crippen LogP) is 3.19. The molecule has 1 aliphatic carbocycles. The van der Waals surface area contributed by atoms with Crippen molar-refractivity contribution in [1.29, 1.82) is 0 Å². The van der Waals surface area contributed by atoms with E-state index in [1.165, 1.54) is 5.69 Å². The van der Waals surface area contributed by atoms with Crippen LogP contribution in [0.15, 0.2) is 53.8 Å². The lowest BCUT2D eigenvalue weighted by atomic mass is 10.2. The Labute approximate surface area is 162 Å². The fourth-order valence-corrected chi connectivity index (χ4v) is 4.97. The highest BCUT2D eigenvalue weighted by Crippen LogP contribution is 2.27. The van der Waals surface area contributed by atoms with E-state index >= 15 is 0 Å². The van der Waals surface area contributed by atoms with Crippen LogP contribution in [0.4, 0.5) is 5.69 Å². The SMILES string of the molecule is CN(C)c1ccccc1CS(=O)c1nc2c(n1Cc1ccccn1)CCC2. The molecule has 0 radical (unpaired) electrons. The van der Waals surface area contributed by atoms with Crippen molar-refractivity contribution in [3.05, 3.63) is 71.3 Å². The number of rotatable bonds is 6. The molecule has 1 aliphatic rings. The van der Waals surface area contributed by atoms with Gasteiger partial charge in [-0.15, -0.1) is 0 Å². The normalized spacial score (nSPS) is 14.1. The molecule has 27 heavy (non-hydrogen) atoms. The number of nitrogens with zero attached hydrogens (tertiary/aromatic N) is 4. The van der Waals surface area contributed by atoms with Gasteiger partial charge in [-0.3, -0.25) is 9.19 Å². The minimum atomic E-state index is -1.21. The summed E-state index contributed by atoms with van der Waals surface area (Å²) in [4.78, 5) is 11.3. The molecule has 0 saturated carbocycles. The molecule has 1 unspecified atom stereocenters. The lowest BCUT2D eigenvalue weighted by molar-refractivity contribution is 0.622. The standard InChI is InChI=1S/C21H24N4OS/c1-24(2)19-11-4-3-8-16(19)15-27(26)21-23-18-10-7-12-20(18)25(21)14-17-9-5-6-13-22-17/h3-6,8-9,11,13H,7,10,12,14-15H2,1-2H3. The number of fused-ring (bicyclic) bond motifs is 1. The van der Waals surface area contributed by atoms with E-state index in [0.29, 0.717) is 17.5 Å². The molecule has 0 spiro atoms. The minimum Gasteiger partial charge on any atom is -0.377 e. The summed E-state index contributed by atoms with van der Waals surface area (Å²) in [5, 5.41) is 0.680. The number of aryl methyl sites for hydroxylation is 1. The second-order valence-electron chi connectivity index (χ2n) is 7.06. The van der Waals surface area contributed by atoms with Crippen LogP contribution in [0, 0.1) is 0 Å². The molecule has 6 heteroatoms. The summed E-state index contributed by atoms with van der Waals surface area (Å²) >= 11 is 0. The molecule has 1 atom stereocenters. The topological polar surface area (TPSA) is 51.0 Å². The van der Waals surface area contributed by atoms with E-state index in [9.17, 15) is 4.21 Å². The maximum atomic E-state index is 13.3. The van der Waals surface area contributed by atoms with Crippen molar-refractivity contribution < 1.29 is 4.21 Å². The van der Waals surface area contributed by atoms with E-state index in [1.54, 1.807) is 6.20 Å². The van der Waals surface area contributed by atoms with Gasteiger partial charge >= 0.3 is 0 Å². The van der Waals surface area contributed by atoms with E-state index in [0.717, 1.165) is 41.9 Å². The fourth-order valence-electron chi connectivity index (χ4n) is 3.68. The molecule has 0 amide bonds. The van der Waals surface area contributed by atoms with Gasteiger partial charge in [0.15, 0.2) is 5.16 Å². The van der Waals surface area contributed by atoms with Gasteiger partial charge in [0.25, 0.3) is 0 Å². The minimum absolute atomic E-state index is 0.465. The van der Waals surface area contributed by atoms with Gasteiger partial charge in [-0.25, -0.2) is 4.98 Å². The van der Waals surface area contributed by atoms with Crippen molar-refractivity contribution in [3.63, 3.8) is 0 Å². The van der Waals surface area contributed by atoms with Crippen molar-refractivity contribution in [2.45, 2.75) is 36.7 Å². The van der Waals surface area contributed by atoms with Gasteiger partial charge in [-0.05, 0) is 43.0 Å². The van der Waals surface area contributed by atoms with Crippen LogP contribution in [-0.2, 0) is 35.9 Å². The van der Waals surface area contributed by atoms with Gasteiger partial charge in [-0.1, -0.05) is 24.3 Å². The van der Waals surface area contributed by atoms with Gasteiger partial charge in [0.1, 0.15) is 0 Å². The Bertz CT molecular complexity index is 966. The Hall–Kier alpha value is -2.47. The highest BCUT2D eigenvalue weighted by molar-refractivity contribution is 7.84. The van der Waals surface area contributed by atoms with Crippen LogP contribution in [0.5, 0.6) is 0 Å². The van der Waals surface area contributed by atoms with Gasteiger partial charge in [0.2, 0.25) is 0 Å². The van der Waals surface area contributed by atoms with Crippen molar-refractivity contribution in [2.75, 3.05) is 19.0 Å². The van der Waals surface area contributed by atoms with Crippen LogP contribution in [0.25, 0.3) is 0 Å². The third kappa shape index (κ3) is 3.67. The number of hydrogen-bond donors (Lipinski definition) is 0. The zero-order chi connectivity index (χ0) is 18.8. The number of anilines is 1. The summed E-state index contributed by atoms with van der Waals surface area (Å²) in [5.74, 6) is 0.465. The highest BCUT2D eigenvalue weighted by Gasteiger charge is 2.25. The average molecular weight is 381 g/mol. The molecule has 0 saturated heterocycles. The number of hydrogen-bond acceptors (Lipinski definition) is 4. The summed E-state index contributed by atoms with van der Waals surface area (Å²) in [6, 6.07) is 14.0. The van der Waals surface area contributed by atoms with E-state index in [4.69, 9.17) is 4.98 Å². The first-order valence-corrected chi connectivity index (χ1v) is 10.6. The first-order chi connectivity index (χ1) is 13.1. The molecular formula is C21H24N4OS. The Kier molecular flexibility index (Phi) is 5.07. The fraction of sp³-hybridized carbons (Fsp3) is 0.333. The first-order valence-electron chi connectivity index (χ1n) is 9.25. The summed E-state index contributed by atoms with van der Waals surface area (Å²) in [7, 11) is 2.82. The zero-order valence-electron chi connectivity index (χ0n) is 15.8. The summed E-state index contributed by atoms with van der Waals surface area (Å²) in [6.45, 7) is 0.625. The monoisotopic (exact) mass is 380 g/mol. The third-order valence-electron chi connectivity index (χ3n) is 4.96. The molecule has 0 N–H and O–H groups in total. The van der Waals surface area contributed by atoms with Crippen LogP contribution in [0.3, 0.4) is 0 Å². The molecule has 0 bridgehead atoms. The molecule has 4 rings (SSSR count). The van der Waals surface area contributed by atoms with Gasteiger partial charge in [0.05, 0.1) is 34.5 Å². The molecule has 140 valence electrons. The molecule has 0 fully saturated rings. The zero-order valence-corrected chi connectivity index (χ0v) is 16.6. The summed E-state index contributed by atoms with van der Waals surface area (Å²) in [5.41, 5.74) is 5.48. The molecule has 5 nitrogen and oxygen atoms in total. The molecule has 2 heterocycles. The lowest BCUT2D eigenvalue weighted by Gasteiger charge is -2.17. The maximum absolute atomic E-state index is 13.3. The van der Waals surface area contributed by atoms with Gasteiger partial charge in [-0.2, -0.15) is 0 Å². The van der Waals surface area contributed by atoms with Crippen LogP contribution in [0.2, 0.25) is 0 Å². The Morgan fingerprint density at radius 1 is 1.11 bits per heavy atom. The maximum Gasteiger partial charge on any atom is 0.200 e. The largest absolute Gasteiger partial charge is 0.377 e. The van der Waals surface area contributed by atoms with Crippen molar-refractivity contribution in [3.8, 4) is 0 Å². The number of benzene rings is 1. The van der Waals surface area contributed by atoms with Crippen LogP contribution in [-0.4, -0.2) is 32.8 Å². The molecule has 3 aromatic rings. The second kappa shape index (κ2) is 7.64. The smallest absolute Gasteiger partial charge is 0.200 e. The quantitative estimate of drug-likeness (QED) is 0.659. The molecule has 0 aliphatic heterocycles. The van der Waals surface area contributed by atoms with E-state index in [-0.39, 0.29) is 0 Å². The van der Waals surface area contributed by atoms with E-state index in [1.807, 2.05) is 50.5 Å². The Morgan fingerprint density at radius 3 is 2.70 bits per heavy atom. The van der Waals surface area contributed by atoms with Gasteiger partial charge in [0, 0.05) is 31.7 Å². The summed E-state index contributed by atoms with van der Waals surface area (Å²) in [6.07, 6.45) is 4.90. The van der Waals surface area contributed by atoms with Crippen molar-refractivity contribution >= 4 is 16.5 Å². The van der Waals surface area contributed by atoms with E-state index < -0.39 is 10.8 Å². The Balaban J connectivity index is 1.67. The van der Waals surface area contributed by atoms with Crippen LogP contribution < -0.4 is 4.90 Å². The summed E-state index contributed by atoms with van der Waals surface area (Å²) < 4.78 is 15.4. The predicted molar refractivity (Wildman–Crippen MR) is 108 cm³/mol. The number of pyridine rings is 1. The van der Waals surface area contributed by atoms with Gasteiger partial charge < -0.3 is 9.47 Å². The van der Waals surface area contributed by atoms with E-state index in [2.05, 4.69) is 20.5 Å². The van der Waals surface area contributed by atoms with Crippen molar-refractivity contribution in [2.24, 2.45) is 0 Å². The van der Waals surface area contributed by atoms with Crippen molar-refractivity contribution in [1.82, 2.24) is 14.5 Å².